The average Bonchev–Trinajstić information content (AvgIpc) is 2.89. The second-order valence-electron chi connectivity index (χ2n) is 9.49. The van der Waals surface area contributed by atoms with Gasteiger partial charge in [-0.3, -0.25) is 0 Å². The summed E-state index contributed by atoms with van der Waals surface area (Å²) < 4.78 is 5.33. The van der Waals surface area contributed by atoms with Crippen molar-refractivity contribution >= 4 is 12.2 Å². The van der Waals surface area contributed by atoms with Crippen molar-refractivity contribution in [2.45, 2.75) is 69.7 Å². The Morgan fingerprint density at radius 1 is 0.960 bits per heavy atom. The fourth-order valence-corrected chi connectivity index (χ4v) is 7.12. The summed E-state index contributed by atoms with van der Waals surface area (Å²) in [6, 6.07) is 0. The lowest BCUT2D eigenvalue weighted by atomic mass is 9.49. The van der Waals surface area contributed by atoms with E-state index in [1.54, 1.807) is 0 Å². The lowest BCUT2D eigenvalue weighted by Gasteiger charge is -2.56. The van der Waals surface area contributed by atoms with E-state index in [9.17, 15) is 0 Å². The first-order valence-electron chi connectivity index (χ1n) is 10.5. The number of aromatic nitrogens is 3. The van der Waals surface area contributed by atoms with Crippen LogP contribution in [0.15, 0.2) is 0 Å². The summed E-state index contributed by atoms with van der Waals surface area (Å²) in [7, 11) is 2.17. The maximum atomic E-state index is 5.78. The zero-order valence-electron chi connectivity index (χ0n) is 15.6. The zero-order valence-corrected chi connectivity index (χ0v) is 16.4. The predicted molar refractivity (Wildman–Crippen MR) is 102 cm³/mol. The quantitative estimate of drug-likeness (QED) is 0.762. The van der Waals surface area contributed by atoms with E-state index in [1.807, 2.05) is 0 Å². The first-order chi connectivity index (χ1) is 12.1. The van der Waals surface area contributed by atoms with Crippen LogP contribution in [0.3, 0.4) is 0 Å². The number of nitrogens with zero attached hydrogens (tertiary/aromatic N) is 4. The molecule has 1 aromatic heterocycles. The van der Waals surface area contributed by atoms with Crippen LogP contribution in [0.2, 0.25) is 0 Å². The van der Waals surface area contributed by atoms with Gasteiger partial charge in [-0.1, -0.05) is 6.42 Å². The van der Waals surface area contributed by atoms with Crippen molar-refractivity contribution in [2.24, 2.45) is 24.8 Å². The highest BCUT2D eigenvalue weighted by atomic mass is 32.1. The van der Waals surface area contributed by atoms with Crippen LogP contribution in [0.4, 0.5) is 0 Å². The zero-order chi connectivity index (χ0) is 17.0. The average molecular weight is 361 g/mol. The Morgan fingerprint density at radius 3 is 2.16 bits per heavy atom. The predicted octanol–water partition coefficient (Wildman–Crippen LogP) is 3.90. The molecule has 5 aliphatic rings. The number of likely N-dealkylation sites (tertiary alicyclic amines) is 1. The van der Waals surface area contributed by atoms with Gasteiger partial charge < -0.3 is 9.47 Å². The highest BCUT2D eigenvalue weighted by Crippen LogP contribution is 2.60. The van der Waals surface area contributed by atoms with Gasteiger partial charge in [0, 0.05) is 19.0 Å². The number of rotatable bonds is 4. The van der Waals surface area contributed by atoms with Crippen LogP contribution in [-0.2, 0) is 19.0 Å². The molecular formula is C20H32N4S. The topological polar surface area (TPSA) is 26.0 Å². The molecule has 2 heterocycles. The van der Waals surface area contributed by atoms with Crippen LogP contribution in [0, 0.1) is 22.5 Å². The summed E-state index contributed by atoms with van der Waals surface area (Å²) >= 11 is 5.78. The van der Waals surface area contributed by atoms with E-state index in [4.69, 9.17) is 17.3 Å². The first-order valence-corrected chi connectivity index (χ1v) is 10.9. The highest BCUT2D eigenvalue weighted by molar-refractivity contribution is 7.71. The van der Waals surface area contributed by atoms with E-state index < -0.39 is 0 Å². The maximum Gasteiger partial charge on any atom is 0.197 e. The van der Waals surface area contributed by atoms with Gasteiger partial charge in [-0.05, 0) is 94.4 Å². The molecule has 4 saturated carbocycles. The summed E-state index contributed by atoms with van der Waals surface area (Å²) in [5.41, 5.74) is 0.341. The van der Waals surface area contributed by atoms with Gasteiger partial charge in [0.05, 0.1) is 6.54 Å². The minimum absolute atomic E-state index is 0.341. The number of piperidine rings is 1. The van der Waals surface area contributed by atoms with Gasteiger partial charge in [-0.2, -0.15) is 5.10 Å². The molecule has 0 unspecified atom stereocenters. The van der Waals surface area contributed by atoms with Crippen LogP contribution >= 0.6 is 12.2 Å². The third-order valence-electron chi connectivity index (χ3n) is 7.63. The molecule has 4 nitrogen and oxygen atoms in total. The fourth-order valence-electron chi connectivity index (χ4n) is 6.90. The monoisotopic (exact) mass is 360 g/mol. The molecule has 1 aromatic rings. The van der Waals surface area contributed by atoms with Crippen molar-refractivity contribution in [3.63, 3.8) is 0 Å². The standard InChI is InChI=1S/C20H32N4S/c1-22-18(20-12-15-9-16(13-20)11-17(10-15)14-20)21-24(19(22)25)8-7-23-5-3-2-4-6-23/h15-17H,2-14H2,1H3. The third-order valence-corrected chi connectivity index (χ3v) is 8.11. The second kappa shape index (κ2) is 6.19. The first kappa shape index (κ1) is 16.5. The van der Waals surface area contributed by atoms with E-state index >= 15 is 0 Å². The Kier molecular flexibility index (Phi) is 4.08. The fraction of sp³-hybridized carbons (Fsp3) is 0.900. The van der Waals surface area contributed by atoms with Crippen LogP contribution in [0.5, 0.6) is 0 Å². The van der Waals surface area contributed by atoms with E-state index in [2.05, 4.69) is 21.2 Å². The van der Waals surface area contributed by atoms with E-state index in [-0.39, 0.29) is 0 Å². The molecule has 4 aliphatic carbocycles. The summed E-state index contributed by atoms with van der Waals surface area (Å²) in [6.07, 6.45) is 12.7. The molecule has 0 spiro atoms. The Morgan fingerprint density at radius 2 is 1.56 bits per heavy atom. The molecule has 138 valence electrons. The number of hydrogen-bond donors (Lipinski definition) is 0. The SMILES string of the molecule is Cn1c(C23CC4CC(CC(C4)C2)C3)nn(CCN2CCCCC2)c1=S. The van der Waals surface area contributed by atoms with Gasteiger partial charge in [-0.25, -0.2) is 4.68 Å². The highest BCUT2D eigenvalue weighted by Gasteiger charge is 2.53. The Hall–Kier alpha value is -0.680. The van der Waals surface area contributed by atoms with Crippen LogP contribution in [0.25, 0.3) is 0 Å². The van der Waals surface area contributed by atoms with Crippen molar-refractivity contribution in [1.29, 1.82) is 0 Å². The van der Waals surface area contributed by atoms with Crippen LogP contribution in [0.1, 0.15) is 63.6 Å². The summed E-state index contributed by atoms with van der Waals surface area (Å²) in [4.78, 5) is 2.59. The molecular weight excluding hydrogens is 328 g/mol. The van der Waals surface area contributed by atoms with Crippen LogP contribution < -0.4 is 0 Å². The molecule has 0 atom stereocenters. The van der Waals surface area contributed by atoms with Crippen LogP contribution in [-0.4, -0.2) is 38.9 Å². The van der Waals surface area contributed by atoms with E-state index in [0.717, 1.165) is 35.6 Å². The van der Waals surface area contributed by atoms with Crippen molar-refractivity contribution < 1.29 is 0 Å². The van der Waals surface area contributed by atoms with E-state index in [0.29, 0.717) is 5.41 Å². The molecule has 25 heavy (non-hydrogen) atoms. The lowest BCUT2D eigenvalue weighted by molar-refractivity contribution is -0.0110. The Balaban J connectivity index is 1.38. The van der Waals surface area contributed by atoms with Gasteiger partial charge in [-0.15, -0.1) is 0 Å². The van der Waals surface area contributed by atoms with Gasteiger partial charge in [0.2, 0.25) is 0 Å². The minimum Gasteiger partial charge on any atom is -0.307 e. The molecule has 0 amide bonds. The smallest absolute Gasteiger partial charge is 0.197 e. The van der Waals surface area contributed by atoms with Gasteiger partial charge in [0.25, 0.3) is 0 Å². The largest absolute Gasteiger partial charge is 0.307 e. The third kappa shape index (κ3) is 2.82. The molecule has 5 fully saturated rings. The molecule has 1 saturated heterocycles. The molecule has 5 heteroatoms. The number of hydrogen-bond acceptors (Lipinski definition) is 3. The maximum absolute atomic E-state index is 5.78. The molecule has 0 radical (unpaired) electrons. The van der Waals surface area contributed by atoms with Crippen molar-refractivity contribution in [2.75, 3.05) is 19.6 Å². The van der Waals surface area contributed by atoms with Gasteiger partial charge in [0.15, 0.2) is 4.77 Å². The summed E-state index contributed by atoms with van der Waals surface area (Å²) in [6.45, 7) is 4.56. The van der Waals surface area contributed by atoms with Crippen molar-refractivity contribution in [3.8, 4) is 0 Å². The molecule has 6 rings (SSSR count). The van der Waals surface area contributed by atoms with E-state index in [1.165, 1.54) is 76.7 Å². The minimum atomic E-state index is 0.341. The molecule has 0 aromatic carbocycles. The lowest BCUT2D eigenvalue weighted by Crippen LogP contribution is -2.49. The summed E-state index contributed by atoms with van der Waals surface area (Å²) in [5, 5.41) is 5.13. The molecule has 0 N–H and O–H groups in total. The normalized spacial score (nSPS) is 37.7. The second-order valence-corrected chi connectivity index (χ2v) is 9.85. The van der Waals surface area contributed by atoms with Gasteiger partial charge in [0.1, 0.15) is 5.82 Å². The molecule has 4 bridgehead atoms. The molecule has 1 aliphatic heterocycles. The van der Waals surface area contributed by atoms with Crippen molar-refractivity contribution in [3.05, 3.63) is 10.6 Å². The Labute approximate surface area is 156 Å². The Bertz CT molecular complexity index is 662. The van der Waals surface area contributed by atoms with Crippen molar-refractivity contribution in [1.82, 2.24) is 19.2 Å². The summed E-state index contributed by atoms with van der Waals surface area (Å²) in [5.74, 6) is 4.19. The van der Waals surface area contributed by atoms with Gasteiger partial charge >= 0.3 is 0 Å².